The summed E-state index contributed by atoms with van der Waals surface area (Å²) in [7, 11) is 0. The minimum atomic E-state index is -0.0194. The molecular weight excluding hydrogens is 206 g/mol. The van der Waals surface area contributed by atoms with Gasteiger partial charge in [-0.2, -0.15) is 0 Å². The van der Waals surface area contributed by atoms with Crippen molar-refractivity contribution in [2.45, 2.75) is 19.8 Å². The van der Waals surface area contributed by atoms with Crippen molar-refractivity contribution in [2.24, 2.45) is 5.92 Å². The van der Waals surface area contributed by atoms with E-state index < -0.39 is 0 Å². The Balaban J connectivity index is 0.000000500. The lowest BCUT2D eigenvalue weighted by Crippen LogP contribution is -2.32. The topological polar surface area (TPSA) is 55.4 Å². The summed E-state index contributed by atoms with van der Waals surface area (Å²) >= 11 is 4.32. The van der Waals surface area contributed by atoms with Crippen LogP contribution < -0.4 is 5.32 Å². The number of nitrogens with one attached hydrogen (secondary N) is 1. The third kappa shape index (κ3) is 5.94. The summed E-state index contributed by atoms with van der Waals surface area (Å²) in [5.74, 6) is 0.352. The van der Waals surface area contributed by atoms with E-state index in [1.807, 2.05) is 6.92 Å². The molecule has 0 radical (unpaired) electrons. The molecule has 0 aliphatic carbocycles. The molecule has 5 heteroatoms. The third-order valence-corrected chi connectivity index (χ3v) is 1.96. The first-order chi connectivity index (χ1) is 6.76. The second-order valence-electron chi connectivity index (χ2n) is 2.87. The highest BCUT2D eigenvalue weighted by Gasteiger charge is 2.21. The molecule has 0 saturated carbocycles. The Morgan fingerprint density at radius 2 is 2.07 bits per heavy atom. The number of carbonyl (C=O) groups is 2. The standard InChI is InChI=1S/C8H15NO2.CHClO/c1-2-11-8(10)7-3-5-9-6-4-7;2-1-3/h7,9H,2-6H2,1H3;1H. The Kier molecular flexibility index (Phi) is 8.57. The smallest absolute Gasteiger partial charge is 0.309 e. The highest BCUT2D eigenvalue weighted by atomic mass is 35.5. The minimum Gasteiger partial charge on any atom is -0.466 e. The summed E-state index contributed by atoms with van der Waals surface area (Å²) in [4.78, 5) is 19.7. The number of carbonyl (C=O) groups excluding carboxylic acids is 2. The fraction of sp³-hybridized carbons (Fsp3) is 0.778. The van der Waals surface area contributed by atoms with Crippen molar-refractivity contribution in [2.75, 3.05) is 19.7 Å². The van der Waals surface area contributed by atoms with Gasteiger partial charge in [-0.1, -0.05) is 0 Å². The van der Waals surface area contributed by atoms with Crippen LogP contribution in [0.4, 0.5) is 0 Å². The summed E-state index contributed by atoms with van der Waals surface area (Å²) < 4.78 is 4.91. The van der Waals surface area contributed by atoms with Crippen LogP contribution in [0.2, 0.25) is 0 Å². The largest absolute Gasteiger partial charge is 0.466 e. The SMILES string of the molecule is CCOC(=O)C1CCNCC1.O=CCl. The number of halogens is 1. The van der Waals surface area contributed by atoms with Crippen molar-refractivity contribution in [3.63, 3.8) is 0 Å². The van der Waals surface area contributed by atoms with Gasteiger partial charge >= 0.3 is 5.97 Å². The van der Waals surface area contributed by atoms with Crippen LogP contribution in [0.3, 0.4) is 0 Å². The maximum atomic E-state index is 11.1. The molecule has 4 nitrogen and oxygen atoms in total. The molecule has 0 atom stereocenters. The fourth-order valence-corrected chi connectivity index (χ4v) is 1.32. The summed E-state index contributed by atoms with van der Waals surface area (Å²) in [6, 6.07) is 0. The van der Waals surface area contributed by atoms with Crippen LogP contribution in [0, 0.1) is 5.92 Å². The molecule has 0 bridgehead atoms. The lowest BCUT2D eigenvalue weighted by atomic mass is 9.99. The van der Waals surface area contributed by atoms with Crippen LogP contribution >= 0.6 is 11.6 Å². The van der Waals surface area contributed by atoms with E-state index in [1.165, 1.54) is 0 Å². The first kappa shape index (κ1) is 13.4. The van der Waals surface area contributed by atoms with Gasteiger partial charge in [0.25, 0.3) is 0 Å². The number of hydrogen-bond donors (Lipinski definition) is 1. The van der Waals surface area contributed by atoms with Crippen molar-refractivity contribution in [1.29, 1.82) is 0 Å². The molecule has 1 saturated heterocycles. The Morgan fingerprint density at radius 3 is 2.50 bits per heavy atom. The summed E-state index contributed by atoms with van der Waals surface area (Å²) in [5, 5.41) is 3.20. The fourth-order valence-electron chi connectivity index (χ4n) is 1.32. The molecule has 14 heavy (non-hydrogen) atoms. The molecule has 1 aliphatic heterocycles. The predicted octanol–water partition coefficient (Wildman–Crippen LogP) is 0.964. The Morgan fingerprint density at radius 1 is 1.57 bits per heavy atom. The van der Waals surface area contributed by atoms with Gasteiger partial charge in [0.1, 0.15) is 0 Å². The van der Waals surface area contributed by atoms with Gasteiger partial charge in [0.2, 0.25) is 5.75 Å². The van der Waals surface area contributed by atoms with E-state index in [0.29, 0.717) is 6.61 Å². The Hall–Kier alpha value is -0.610. The van der Waals surface area contributed by atoms with Gasteiger partial charge < -0.3 is 10.1 Å². The predicted molar refractivity (Wildman–Crippen MR) is 54.8 cm³/mol. The van der Waals surface area contributed by atoms with Crippen LogP contribution in [0.1, 0.15) is 19.8 Å². The summed E-state index contributed by atoms with van der Waals surface area (Å²) in [5.41, 5.74) is 0. The van der Waals surface area contributed by atoms with E-state index in [-0.39, 0.29) is 17.6 Å². The lowest BCUT2D eigenvalue weighted by Gasteiger charge is -2.20. The zero-order valence-electron chi connectivity index (χ0n) is 8.29. The van der Waals surface area contributed by atoms with Crippen molar-refractivity contribution in [3.05, 3.63) is 0 Å². The van der Waals surface area contributed by atoms with E-state index in [0.717, 1.165) is 25.9 Å². The van der Waals surface area contributed by atoms with Crippen molar-refractivity contribution in [1.82, 2.24) is 5.32 Å². The van der Waals surface area contributed by atoms with Crippen molar-refractivity contribution < 1.29 is 14.3 Å². The molecule has 1 N–H and O–H groups in total. The molecule has 1 aliphatic rings. The molecule has 1 rings (SSSR count). The maximum absolute atomic E-state index is 11.1. The average Bonchev–Trinajstić information content (AvgIpc) is 2.21. The van der Waals surface area contributed by atoms with Crippen LogP contribution in [0.5, 0.6) is 0 Å². The zero-order valence-corrected chi connectivity index (χ0v) is 9.05. The second kappa shape index (κ2) is 8.97. The summed E-state index contributed by atoms with van der Waals surface area (Å²) in [6.45, 7) is 4.24. The van der Waals surface area contributed by atoms with E-state index in [1.54, 1.807) is 0 Å². The van der Waals surface area contributed by atoms with Gasteiger partial charge in [-0.3, -0.25) is 9.59 Å². The van der Waals surface area contributed by atoms with Gasteiger partial charge in [0.15, 0.2) is 0 Å². The minimum absolute atomic E-state index is 0.0194. The molecule has 0 aromatic carbocycles. The quantitative estimate of drug-likeness (QED) is 0.429. The molecule has 1 heterocycles. The number of rotatable bonds is 2. The van der Waals surface area contributed by atoms with E-state index in [4.69, 9.17) is 9.53 Å². The molecule has 0 aromatic rings. The maximum Gasteiger partial charge on any atom is 0.309 e. The Labute approximate surface area is 88.9 Å². The monoisotopic (exact) mass is 221 g/mol. The van der Waals surface area contributed by atoms with Gasteiger partial charge in [-0.15, -0.1) is 0 Å². The average molecular weight is 222 g/mol. The number of ether oxygens (including phenoxy) is 1. The van der Waals surface area contributed by atoms with Gasteiger partial charge in [0.05, 0.1) is 12.5 Å². The Bertz CT molecular complexity index is 169. The van der Waals surface area contributed by atoms with Gasteiger partial charge in [-0.25, -0.2) is 0 Å². The molecule has 0 unspecified atom stereocenters. The zero-order chi connectivity index (χ0) is 10.8. The first-order valence-corrected chi connectivity index (χ1v) is 5.11. The van der Waals surface area contributed by atoms with Crippen LogP contribution in [0.25, 0.3) is 0 Å². The van der Waals surface area contributed by atoms with E-state index >= 15 is 0 Å². The van der Waals surface area contributed by atoms with E-state index in [9.17, 15) is 4.79 Å². The first-order valence-electron chi connectivity index (χ1n) is 4.67. The molecule has 1 fully saturated rings. The molecule has 0 aromatic heterocycles. The highest BCUT2D eigenvalue weighted by molar-refractivity contribution is 6.54. The summed E-state index contributed by atoms with van der Waals surface area (Å²) in [6.07, 6.45) is 1.86. The molecular formula is C9H16ClNO3. The molecule has 0 amide bonds. The van der Waals surface area contributed by atoms with Crippen LogP contribution in [-0.4, -0.2) is 31.4 Å². The second-order valence-corrected chi connectivity index (χ2v) is 3.04. The lowest BCUT2D eigenvalue weighted by molar-refractivity contribution is -0.148. The third-order valence-electron chi connectivity index (χ3n) is 1.96. The van der Waals surface area contributed by atoms with Gasteiger partial charge in [-0.05, 0) is 44.5 Å². The number of piperidine rings is 1. The van der Waals surface area contributed by atoms with Crippen LogP contribution in [-0.2, 0) is 14.3 Å². The van der Waals surface area contributed by atoms with Crippen molar-refractivity contribution >= 4 is 23.3 Å². The number of hydrogen-bond acceptors (Lipinski definition) is 4. The van der Waals surface area contributed by atoms with Crippen LogP contribution in [0.15, 0.2) is 0 Å². The van der Waals surface area contributed by atoms with Crippen molar-refractivity contribution in [3.8, 4) is 0 Å². The highest BCUT2D eigenvalue weighted by Crippen LogP contribution is 2.12. The molecule has 82 valence electrons. The normalized spacial score (nSPS) is 16.4. The molecule has 0 spiro atoms. The number of esters is 1. The van der Waals surface area contributed by atoms with E-state index in [2.05, 4.69) is 16.9 Å². The van der Waals surface area contributed by atoms with Gasteiger partial charge in [0, 0.05) is 0 Å².